The number of hydrogen-bond donors (Lipinski definition) is 1. The molecule has 1 heterocycles. The van der Waals surface area contributed by atoms with Crippen molar-refractivity contribution in [2.75, 3.05) is 12.9 Å². The van der Waals surface area contributed by atoms with E-state index in [1.54, 1.807) is 31.0 Å². The second kappa shape index (κ2) is 10.5. The van der Waals surface area contributed by atoms with E-state index in [2.05, 4.69) is 23.9 Å². The molecule has 0 aliphatic heterocycles. The second-order valence-corrected chi connectivity index (χ2v) is 7.10. The van der Waals surface area contributed by atoms with Crippen LogP contribution in [0.3, 0.4) is 0 Å². The van der Waals surface area contributed by atoms with Crippen LogP contribution in [0.4, 0.5) is 0 Å². The molecule has 1 aromatic heterocycles. The Balaban J connectivity index is 0.000000266. The molecular formula is C23H26N2O2S. The van der Waals surface area contributed by atoms with Crippen molar-refractivity contribution < 1.29 is 9.84 Å². The van der Waals surface area contributed by atoms with Gasteiger partial charge in [-0.25, -0.2) is 4.98 Å². The smallest absolute Gasteiger partial charge is 0.140 e. The first-order valence-corrected chi connectivity index (χ1v) is 10.0. The van der Waals surface area contributed by atoms with E-state index in [9.17, 15) is 5.11 Å². The van der Waals surface area contributed by atoms with Crippen molar-refractivity contribution in [3.05, 3.63) is 53.4 Å². The van der Waals surface area contributed by atoms with Crippen molar-refractivity contribution in [1.29, 1.82) is 0 Å². The van der Waals surface area contributed by atoms with E-state index >= 15 is 0 Å². The number of terminal acetylenes is 1. The van der Waals surface area contributed by atoms with Crippen LogP contribution >= 0.6 is 11.8 Å². The van der Waals surface area contributed by atoms with Crippen molar-refractivity contribution in [1.82, 2.24) is 9.55 Å². The Kier molecular flexibility index (Phi) is 8.03. The van der Waals surface area contributed by atoms with Crippen molar-refractivity contribution in [2.45, 2.75) is 20.3 Å². The maximum atomic E-state index is 9.55. The summed E-state index contributed by atoms with van der Waals surface area (Å²) in [6.07, 6.45) is 8.30. The van der Waals surface area contributed by atoms with Gasteiger partial charge in [-0.3, -0.25) is 0 Å². The molecular weight excluding hydrogens is 368 g/mol. The fraction of sp³-hybridized carbons (Fsp3) is 0.261. The maximum Gasteiger partial charge on any atom is 0.140 e. The predicted molar refractivity (Wildman–Crippen MR) is 120 cm³/mol. The van der Waals surface area contributed by atoms with Crippen LogP contribution < -0.4 is 4.74 Å². The van der Waals surface area contributed by atoms with Crippen molar-refractivity contribution in [3.8, 4) is 35.2 Å². The Bertz CT molecular complexity index is 982. The third-order valence-electron chi connectivity index (χ3n) is 4.22. The highest BCUT2D eigenvalue weighted by molar-refractivity contribution is 8.03. The van der Waals surface area contributed by atoms with Gasteiger partial charge in [0.2, 0.25) is 0 Å². The van der Waals surface area contributed by atoms with E-state index in [1.165, 1.54) is 4.91 Å². The third-order valence-corrected chi connectivity index (χ3v) is 5.43. The number of phenols is 1. The third kappa shape index (κ3) is 5.34. The summed E-state index contributed by atoms with van der Waals surface area (Å²) in [6.45, 7) is 4.18. The minimum Gasteiger partial charge on any atom is -0.508 e. The van der Waals surface area contributed by atoms with Gasteiger partial charge in [-0.05, 0) is 54.6 Å². The molecule has 0 saturated carbocycles. The first-order valence-electron chi connectivity index (χ1n) is 9.05. The number of hydrogen-bond acceptors (Lipinski definition) is 4. The minimum absolute atomic E-state index is 0.247. The van der Waals surface area contributed by atoms with Crippen LogP contribution in [0.5, 0.6) is 11.5 Å². The monoisotopic (exact) mass is 394 g/mol. The molecule has 0 atom stereocenters. The van der Waals surface area contributed by atoms with Crippen molar-refractivity contribution in [2.24, 2.45) is 7.05 Å². The molecule has 0 bridgehead atoms. The topological polar surface area (TPSA) is 47.3 Å². The van der Waals surface area contributed by atoms with Crippen LogP contribution in [0.2, 0.25) is 0 Å². The van der Waals surface area contributed by atoms with E-state index in [0.717, 1.165) is 40.3 Å². The summed E-state index contributed by atoms with van der Waals surface area (Å²) in [4.78, 5) is 5.97. The van der Waals surface area contributed by atoms with E-state index in [0.29, 0.717) is 0 Å². The number of rotatable bonds is 5. The molecule has 1 N–H and O–H groups in total. The van der Waals surface area contributed by atoms with Gasteiger partial charge in [0.25, 0.3) is 0 Å². The largest absolute Gasteiger partial charge is 0.508 e. The summed E-state index contributed by atoms with van der Waals surface area (Å²) in [5.74, 6) is 5.32. The van der Waals surface area contributed by atoms with Gasteiger partial charge in [-0.1, -0.05) is 18.9 Å². The van der Waals surface area contributed by atoms with E-state index in [1.807, 2.05) is 48.9 Å². The highest BCUT2D eigenvalue weighted by Crippen LogP contribution is 2.27. The van der Waals surface area contributed by atoms with Crippen LogP contribution in [0, 0.1) is 12.3 Å². The lowest BCUT2D eigenvalue weighted by atomic mass is 10.2. The molecule has 4 nitrogen and oxygen atoms in total. The maximum absolute atomic E-state index is 9.55. The van der Waals surface area contributed by atoms with Crippen LogP contribution in [0.25, 0.3) is 22.4 Å². The highest BCUT2D eigenvalue weighted by atomic mass is 32.2. The van der Waals surface area contributed by atoms with E-state index in [-0.39, 0.29) is 5.75 Å². The van der Waals surface area contributed by atoms with E-state index in [4.69, 9.17) is 11.2 Å². The molecule has 0 saturated heterocycles. The van der Waals surface area contributed by atoms with Gasteiger partial charge in [0.15, 0.2) is 0 Å². The molecule has 146 valence electrons. The van der Waals surface area contributed by atoms with Gasteiger partial charge in [-0.15, -0.1) is 18.2 Å². The number of aryl methyl sites for hydroxylation is 1. The average Bonchev–Trinajstić information content (AvgIpc) is 3.05. The Morgan fingerprint density at radius 2 is 2.00 bits per heavy atom. The number of methoxy groups -OCH3 is 1. The summed E-state index contributed by atoms with van der Waals surface area (Å²) < 4.78 is 7.12. The Morgan fingerprint density at radius 1 is 1.29 bits per heavy atom. The number of aromatic hydroxyl groups is 1. The molecule has 0 fully saturated rings. The normalized spacial score (nSPS) is 10.9. The number of phenolic OH excluding ortho intramolecular Hbond substituents is 1. The summed E-state index contributed by atoms with van der Waals surface area (Å²) in [5.41, 5.74) is 2.79. The van der Waals surface area contributed by atoms with Gasteiger partial charge in [-0.2, -0.15) is 0 Å². The lowest BCUT2D eigenvalue weighted by Gasteiger charge is -2.04. The molecule has 3 aromatic rings. The molecule has 0 radical (unpaired) electrons. The first-order chi connectivity index (χ1) is 13.5. The zero-order valence-electron chi connectivity index (χ0n) is 16.8. The molecule has 5 heteroatoms. The van der Waals surface area contributed by atoms with Crippen molar-refractivity contribution in [3.63, 3.8) is 0 Å². The number of benzene rings is 2. The van der Waals surface area contributed by atoms with Crippen LogP contribution in [0.15, 0.2) is 53.4 Å². The molecule has 0 amide bonds. The fourth-order valence-electron chi connectivity index (χ4n) is 2.70. The van der Waals surface area contributed by atoms with Crippen LogP contribution in [-0.2, 0) is 7.05 Å². The second-order valence-electron chi connectivity index (χ2n) is 6.00. The Labute approximate surface area is 171 Å². The van der Waals surface area contributed by atoms with Crippen LogP contribution in [0.1, 0.15) is 20.3 Å². The van der Waals surface area contributed by atoms with Gasteiger partial charge in [0.1, 0.15) is 17.3 Å². The van der Waals surface area contributed by atoms with Gasteiger partial charge < -0.3 is 14.4 Å². The lowest BCUT2D eigenvalue weighted by molar-refractivity contribution is 0.415. The summed E-state index contributed by atoms with van der Waals surface area (Å²) in [6, 6.07) is 12.9. The van der Waals surface area contributed by atoms with Gasteiger partial charge in [0, 0.05) is 18.7 Å². The number of imidazole rings is 1. The Morgan fingerprint density at radius 3 is 2.57 bits per heavy atom. The Hall–Kier alpha value is -2.84. The lowest BCUT2D eigenvalue weighted by Crippen LogP contribution is -1.92. The number of fused-ring (bicyclic) bond motifs is 1. The standard InChI is InChI=1S/C15H14N2O2.C8H12S/c1-17-14-9-11(18)5-8-13(14)16-15(17)10-3-6-12(19-2)7-4-10;1-4-7-9-8(5-2)6-3/h3-9,18H,1-2H3;1,5H,6-7H2,2-3H3/b;8-5-. The summed E-state index contributed by atoms with van der Waals surface area (Å²) in [5, 5.41) is 9.55. The zero-order valence-corrected chi connectivity index (χ0v) is 17.6. The van der Waals surface area contributed by atoms with Crippen LogP contribution in [-0.4, -0.2) is 27.5 Å². The van der Waals surface area contributed by atoms with Crippen molar-refractivity contribution >= 4 is 22.8 Å². The highest BCUT2D eigenvalue weighted by Gasteiger charge is 2.10. The van der Waals surface area contributed by atoms with Gasteiger partial charge in [0.05, 0.1) is 23.9 Å². The predicted octanol–water partition coefficient (Wildman–Crippen LogP) is 5.62. The molecule has 2 aromatic carbocycles. The number of nitrogens with zero attached hydrogens (tertiary/aromatic N) is 2. The number of ether oxygens (including phenoxy) is 1. The fourth-order valence-corrected chi connectivity index (χ4v) is 3.34. The molecule has 3 rings (SSSR count). The zero-order chi connectivity index (χ0) is 20.5. The summed E-state index contributed by atoms with van der Waals surface area (Å²) in [7, 11) is 3.58. The molecule has 28 heavy (non-hydrogen) atoms. The average molecular weight is 395 g/mol. The van der Waals surface area contributed by atoms with E-state index < -0.39 is 0 Å². The summed E-state index contributed by atoms with van der Waals surface area (Å²) >= 11 is 1.75. The SMILES string of the molecule is C#CCS/C(=C\C)CC.COc1ccc(-c2nc3ccc(O)cc3n2C)cc1. The molecule has 0 unspecified atom stereocenters. The quantitative estimate of drug-likeness (QED) is 0.571. The number of thioether (sulfide) groups is 1. The molecule has 0 spiro atoms. The molecule has 0 aliphatic rings. The number of aromatic nitrogens is 2. The molecule has 0 aliphatic carbocycles. The minimum atomic E-state index is 0.247. The number of allylic oxidation sites excluding steroid dienone is 2. The first kappa shape index (κ1) is 21.5. The van der Waals surface area contributed by atoms with Gasteiger partial charge >= 0.3 is 0 Å².